The molecular formula is C17H22N2O3S. The molecule has 124 valence electrons. The smallest absolute Gasteiger partial charge is 0.244 e. The van der Waals surface area contributed by atoms with E-state index in [-0.39, 0.29) is 11.4 Å². The van der Waals surface area contributed by atoms with Crippen LogP contribution in [0.25, 0.3) is 0 Å². The Morgan fingerprint density at radius 2 is 2.09 bits per heavy atom. The Balaban J connectivity index is 2.17. The third-order valence-corrected chi connectivity index (χ3v) is 4.77. The first-order valence-electron chi connectivity index (χ1n) is 7.65. The van der Waals surface area contributed by atoms with Crippen molar-refractivity contribution in [2.45, 2.75) is 38.1 Å². The largest absolute Gasteiger partial charge is 0.492 e. The molecule has 23 heavy (non-hydrogen) atoms. The van der Waals surface area contributed by atoms with Crippen molar-refractivity contribution in [1.29, 1.82) is 0 Å². The van der Waals surface area contributed by atoms with Crippen LogP contribution in [0.2, 0.25) is 0 Å². The number of hydrogen-bond acceptors (Lipinski definition) is 4. The Morgan fingerprint density at radius 3 is 2.78 bits per heavy atom. The van der Waals surface area contributed by atoms with Gasteiger partial charge in [-0.3, -0.25) is 4.98 Å². The van der Waals surface area contributed by atoms with Crippen LogP contribution in [0.1, 0.15) is 30.9 Å². The summed E-state index contributed by atoms with van der Waals surface area (Å²) in [6, 6.07) is 8.71. The molecule has 0 unspecified atom stereocenters. The molecule has 1 heterocycles. The van der Waals surface area contributed by atoms with E-state index in [1.165, 1.54) is 0 Å². The second kappa shape index (κ2) is 8.08. The number of benzene rings is 1. The van der Waals surface area contributed by atoms with E-state index in [0.717, 1.165) is 24.0 Å². The van der Waals surface area contributed by atoms with Crippen molar-refractivity contribution in [3.63, 3.8) is 0 Å². The maximum atomic E-state index is 12.6. The average molecular weight is 334 g/mol. The van der Waals surface area contributed by atoms with Crippen molar-refractivity contribution < 1.29 is 13.2 Å². The standard InChI is InChI=1S/C17H22N2O3S/c1-3-4-10-22-16-11-14(2)7-8-17(16)23(20,21)19-13-15-6-5-9-18-12-15/h5-9,11-12,19H,3-4,10,13H2,1-2H3. The summed E-state index contributed by atoms with van der Waals surface area (Å²) in [6.45, 7) is 4.67. The van der Waals surface area contributed by atoms with Crippen LogP contribution in [-0.4, -0.2) is 20.0 Å². The Bertz CT molecular complexity index is 731. The van der Waals surface area contributed by atoms with E-state index in [0.29, 0.717) is 12.4 Å². The molecule has 0 saturated heterocycles. The van der Waals surface area contributed by atoms with Crippen molar-refractivity contribution in [2.75, 3.05) is 6.61 Å². The molecule has 0 spiro atoms. The first-order chi connectivity index (χ1) is 11.0. The number of ether oxygens (including phenoxy) is 1. The summed E-state index contributed by atoms with van der Waals surface area (Å²) in [5, 5.41) is 0. The lowest BCUT2D eigenvalue weighted by Gasteiger charge is -2.13. The molecular weight excluding hydrogens is 312 g/mol. The first kappa shape index (κ1) is 17.4. The van der Waals surface area contributed by atoms with Crippen LogP contribution < -0.4 is 9.46 Å². The van der Waals surface area contributed by atoms with Gasteiger partial charge in [-0.15, -0.1) is 0 Å². The van der Waals surface area contributed by atoms with E-state index >= 15 is 0 Å². The van der Waals surface area contributed by atoms with Crippen LogP contribution in [-0.2, 0) is 16.6 Å². The van der Waals surface area contributed by atoms with Gasteiger partial charge in [0.1, 0.15) is 10.6 Å². The highest BCUT2D eigenvalue weighted by Crippen LogP contribution is 2.25. The van der Waals surface area contributed by atoms with Gasteiger partial charge in [-0.25, -0.2) is 13.1 Å². The fourth-order valence-electron chi connectivity index (χ4n) is 2.04. The zero-order valence-corrected chi connectivity index (χ0v) is 14.3. The minimum Gasteiger partial charge on any atom is -0.492 e. The number of nitrogens with one attached hydrogen (secondary N) is 1. The average Bonchev–Trinajstić information content (AvgIpc) is 2.54. The van der Waals surface area contributed by atoms with Gasteiger partial charge in [0, 0.05) is 18.9 Å². The van der Waals surface area contributed by atoms with E-state index < -0.39 is 10.0 Å². The quantitative estimate of drug-likeness (QED) is 0.753. The molecule has 0 bridgehead atoms. The summed E-state index contributed by atoms with van der Waals surface area (Å²) in [6.07, 6.45) is 5.16. The van der Waals surface area contributed by atoms with Gasteiger partial charge in [-0.05, 0) is 42.7 Å². The molecule has 0 aliphatic carbocycles. The number of unbranched alkanes of at least 4 members (excludes halogenated alkanes) is 1. The SMILES string of the molecule is CCCCOc1cc(C)ccc1S(=O)(=O)NCc1cccnc1. The zero-order valence-electron chi connectivity index (χ0n) is 13.5. The molecule has 0 fully saturated rings. The molecule has 0 saturated carbocycles. The molecule has 0 atom stereocenters. The van der Waals surface area contributed by atoms with Crippen molar-refractivity contribution in [1.82, 2.24) is 9.71 Å². The summed E-state index contributed by atoms with van der Waals surface area (Å²) in [5.74, 6) is 0.400. The van der Waals surface area contributed by atoms with E-state index in [9.17, 15) is 8.42 Å². The third kappa shape index (κ3) is 5.04. The summed E-state index contributed by atoms with van der Waals surface area (Å²) in [4.78, 5) is 4.15. The maximum Gasteiger partial charge on any atom is 0.244 e. The van der Waals surface area contributed by atoms with Crippen molar-refractivity contribution in [3.05, 3.63) is 53.9 Å². The minimum absolute atomic E-state index is 0.170. The van der Waals surface area contributed by atoms with Gasteiger partial charge in [0.05, 0.1) is 6.61 Å². The number of aryl methyl sites for hydroxylation is 1. The molecule has 1 aromatic heterocycles. The highest BCUT2D eigenvalue weighted by molar-refractivity contribution is 7.89. The molecule has 6 heteroatoms. The third-order valence-electron chi connectivity index (χ3n) is 3.33. The lowest BCUT2D eigenvalue weighted by atomic mass is 10.2. The Hall–Kier alpha value is -1.92. The lowest BCUT2D eigenvalue weighted by Crippen LogP contribution is -2.24. The lowest BCUT2D eigenvalue weighted by molar-refractivity contribution is 0.301. The van der Waals surface area contributed by atoms with Crippen molar-refractivity contribution >= 4 is 10.0 Å². The van der Waals surface area contributed by atoms with Gasteiger partial charge >= 0.3 is 0 Å². The van der Waals surface area contributed by atoms with Gasteiger partial charge in [0.15, 0.2) is 0 Å². The molecule has 1 N–H and O–H groups in total. The highest BCUT2D eigenvalue weighted by Gasteiger charge is 2.19. The topological polar surface area (TPSA) is 68.3 Å². The van der Waals surface area contributed by atoms with Crippen LogP contribution in [0.5, 0.6) is 5.75 Å². The summed E-state index contributed by atoms with van der Waals surface area (Å²) in [7, 11) is -3.65. The van der Waals surface area contributed by atoms with Crippen LogP contribution in [0, 0.1) is 6.92 Å². The van der Waals surface area contributed by atoms with Crippen LogP contribution in [0.15, 0.2) is 47.6 Å². The number of rotatable bonds is 8. The normalized spacial score (nSPS) is 11.4. The predicted molar refractivity (Wildman–Crippen MR) is 89.8 cm³/mol. The van der Waals surface area contributed by atoms with E-state index in [1.807, 2.05) is 13.0 Å². The van der Waals surface area contributed by atoms with Crippen LogP contribution in [0.4, 0.5) is 0 Å². The fraction of sp³-hybridized carbons (Fsp3) is 0.353. The van der Waals surface area contributed by atoms with E-state index in [4.69, 9.17) is 4.74 Å². The Kier molecular flexibility index (Phi) is 6.12. The molecule has 0 aliphatic heterocycles. The molecule has 0 radical (unpaired) electrons. The van der Waals surface area contributed by atoms with Gasteiger partial charge in [0.25, 0.3) is 0 Å². The predicted octanol–water partition coefficient (Wildman–Crippen LogP) is 3.05. The number of pyridine rings is 1. The van der Waals surface area contributed by atoms with Crippen molar-refractivity contribution in [3.8, 4) is 5.75 Å². The Labute approximate surface area is 137 Å². The molecule has 5 nitrogen and oxygen atoms in total. The molecule has 0 aliphatic rings. The Morgan fingerprint density at radius 1 is 1.26 bits per heavy atom. The van der Waals surface area contributed by atoms with Gasteiger partial charge < -0.3 is 4.74 Å². The summed E-state index contributed by atoms with van der Waals surface area (Å²) >= 11 is 0. The molecule has 2 aromatic rings. The second-order valence-corrected chi connectivity index (χ2v) is 7.07. The van der Waals surface area contributed by atoms with Crippen LogP contribution >= 0.6 is 0 Å². The maximum absolute atomic E-state index is 12.6. The highest BCUT2D eigenvalue weighted by atomic mass is 32.2. The van der Waals surface area contributed by atoms with E-state index in [2.05, 4.69) is 16.6 Å². The van der Waals surface area contributed by atoms with Gasteiger partial charge in [0.2, 0.25) is 10.0 Å². The minimum atomic E-state index is -3.65. The second-order valence-electron chi connectivity index (χ2n) is 5.34. The number of aromatic nitrogens is 1. The van der Waals surface area contributed by atoms with Gasteiger partial charge in [-0.1, -0.05) is 25.5 Å². The monoisotopic (exact) mass is 334 g/mol. The van der Waals surface area contributed by atoms with Crippen LogP contribution in [0.3, 0.4) is 0 Å². The molecule has 0 amide bonds. The molecule has 2 rings (SSSR count). The number of sulfonamides is 1. The number of hydrogen-bond donors (Lipinski definition) is 1. The van der Waals surface area contributed by atoms with E-state index in [1.54, 1.807) is 36.7 Å². The van der Waals surface area contributed by atoms with Crippen molar-refractivity contribution in [2.24, 2.45) is 0 Å². The fourth-order valence-corrected chi connectivity index (χ4v) is 3.18. The summed E-state index contributed by atoms with van der Waals surface area (Å²) in [5.41, 5.74) is 1.76. The zero-order chi connectivity index (χ0) is 16.7. The first-order valence-corrected chi connectivity index (χ1v) is 9.13. The van der Waals surface area contributed by atoms with Gasteiger partial charge in [-0.2, -0.15) is 0 Å². The number of nitrogens with zero attached hydrogens (tertiary/aromatic N) is 1. The summed E-state index contributed by atoms with van der Waals surface area (Å²) < 4.78 is 33.4. The molecule has 1 aromatic carbocycles.